The minimum atomic E-state index is -3.80. The monoisotopic (exact) mass is 393 g/mol. The van der Waals surface area contributed by atoms with E-state index in [1.165, 1.54) is 19.2 Å². The summed E-state index contributed by atoms with van der Waals surface area (Å²) < 4.78 is 37.6. The molecule has 6 nitrogen and oxygen atoms in total. The SMILES string of the molecule is COCCOC(=O)[C@@H](NS(=O)(=O)c1ccc(Br)cc1)C(C)C. The van der Waals surface area contributed by atoms with Gasteiger partial charge in [-0.25, -0.2) is 8.42 Å². The zero-order valence-electron chi connectivity index (χ0n) is 12.7. The fraction of sp³-hybridized carbons (Fsp3) is 0.500. The maximum absolute atomic E-state index is 12.3. The number of carbonyl (C=O) groups excluding carboxylic acids is 1. The molecule has 0 fully saturated rings. The van der Waals surface area contributed by atoms with Crippen LogP contribution in [0.3, 0.4) is 0 Å². The van der Waals surface area contributed by atoms with Gasteiger partial charge in [-0.2, -0.15) is 4.72 Å². The minimum absolute atomic E-state index is 0.0819. The van der Waals surface area contributed by atoms with Gasteiger partial charge < -0.3 is 9.47 Å². The summed E-state index contributed by atoms with van der Waals surface area (Å²) in [7, 11) is -2.31. The summed E-state index contributed by atoms with van der Waals surface area (Å²) in [6.45, 7) is 3.83. The van der Waals surface area contributed by atoms with Gasteiger partial charge in [-0.05, 0) is 30.2 Å². The van der Waals surface area contributed by atoms with E-state index in [0.29, 0.717) is 0 Å². The van der Waals surface area contributed by atoms with E-state index in [1.807, 2.05) is 0 Å². The van der Waals surface area contributed by atoms with E-state index in [4.69, 9.17) is 9.47 Å². The largest absolute Gasteiger partial charge is 0.462 e. The molecule has 0 spiro atoms. The van der Waals surface area contributed by atoms with Crippen molar-refractivity contribution < 1.29 is 22.7 Å². The third-order valence-electron chi connectivity index (χ3n) is 2.86. The van der Waals surface area contributed by atoms with Gasteiger partial charge in [-0.1, -0.05) is 29.8 Å². The highest BCUT2D eigenvalue weighted by Gasteiger charge is 2.29. The van der Waals surface area contributed by atoms with Crippen molar-refractivity contribution in [2.24, 2.45) is 5.92 Å². The number of carbonyl (C=O) groups is 1. The molecule has 1 aromatic rings. The molecule has 8 heteroatoms. The summed E-state index contributed by atoms with van der Waals surface area (Å²) in [6.07, 6.45) is 0. The lowest BCUT2D eigenvalue weighted by Gasteiger charge is -2.20. The van der Waals surface area contributed by atoms with Crippen LogP contribution in [0.5, 0.6) is 0 Å². The van der Waals surface area contributed by atoms with Gasteiger partial charge in [0, 0.05) is 11.6 Å². The molecule has 0 saturated heterocycles. The summed E-state index contributed by atoms with van der Waals surface area (Å²) >= 11 is 3.24. The van der Waals surface area contributed by atoms with Crippen LogP contribution in [0.25, 0.3) is 0 Å². The van der Waals surface area contributed by atoms with Crippen molar-refractivity contribution in [3.8, 4) is 0 Å². The Balaban J connectivity index is 2.85. The van der Waals surface area contributed by atoms with Crippen LogP contribution in [0, 0.1) is 5.92 Å². The smallest absolute Gasteiger partial charge is 0.324 e. The fourth-order valence-electron chi connectivity index (χ4n) is 1.62. The Bertz CT molecular complexity index is 586. The number of nitrogens with one attached hydrogen (secondary N) is 1. The van der Waals surface area contributed by atoms with Gasteiger partial charge in [-0.3, -0.25) is 4.79 Å². The number of ether oxygens (including phenoxy) is 2. The van der Waals surface area contributed by atoms with Gasteiger partial charge in [0.15, 0.2) is 0 Å². The van der Waals surface area contributed by atoms with Gasteiger partial charge >= 0.3 is 5.97 Å². The van der Waals surface area contributed by atoms with E-state index in [1.54, 1.807) is 26.0 Å². The number of methoxy groups -OCH3 is 1. The predicted molar refractivity (Wildman–Crippen MR) is 85.9 cm³/mol. The topological polar surface area (TPSA) is 81.7 Å². The summed E-state index contributed by atoms with van der Waals surface area (Å²) in [4.78, 5) is 12.1. The van der Waals surface area contributed by atoms with Crippen LogP contribution < -0.4 is 4.72 Å². The lowest BCUT2D eigenvalue weighted by atomic mass is 10.1. The summed E-state index contributed by atoms with van der Waals surface area (Å²) in [5.74, 6) is -0.868. The molecule has 0 radical (unpaired) electrons. The molecule has 0 aliphatic carbocycles. The highest BCUT2D eigenvalue weighted by Crippen LogP contribution is 2.16. The fourth-order valence-corrected chi connectivity index (χ4v) is 3.22. The van der Waals surface area contributed by atoms with Crippen molar-refractivity contribution in [2.45, 2.75) is 24.8 Å². The van der Waals surface area contributed by atoms with Gasteiger partial charge in [0.25, 0.3) is 0 Å². The van der Waals surface area contributed by atoms with Crippen LogP contribution in [0.15, 0.2) is 33.6 Å². The van der Waals surface area contributed by atoms with E-state index >= 15 is 0 Å². The van der Waals surface area contributed by atoms with Crippen LogP contribution in [0.2, 0.25) is 0 Å². The maximum Gasteiger partial charge on any atom is 0.324 e. The van der Waals surface area contributed by atoms with Crippen LogP contribution >= 0.6 is 15.9 Å². The molecule has 1 aromatic carbocycles. The predicted octanol–water partition coefficient (Wildman–Crippen LogP) is 1.94. The van der Waals surface area contributed by atoms with Crippen molar-refractivity contribution in [2.75, 3.05) is 20.3 Å². The molecular formula is C14H20BrNO5S. The summed E-state index contributed by atoms with van der Waals surface area (Å²) in [5.41, 5.74) is 0. The van der Waals surface area contributed by atoms with E-state index in [0.717, 1.165) is 4.47 Å². The highest BCUT2D eigenvalue weighted by atomic mass is 79.9. The molecule has 0 heterocycles. The summed E-state index contributed by atoms with van der Waals surface area (Å²) in [6, 6.07) is 5.21. The first-order chi connectivity index (χ1) is 10.3. The Morgan fingerprint density at radius 2 is 1.82 bits per heavy atom. The number of halogens is 1. The Kier molecular flexibility index (Phi) is 7.47. The zero-order chi connectivity index (χ0) is 16.8. The molecular weight excluding hydrogens is 374 g/mol. The third-order valence-corrected chi connectivity index (χ3v) is 4.84. The molecule has 0 saturated carbocycles. The molecule has 22 heavy (non-hydrogen) atoms. The van der Waals surface area contributed by atoms with Gasteiger partial charge in [-0.15, -0.1) is 0 Å². The molecule has 0 aromatic heterocycles. The molecule has 0 bridgehead atoms. The van der Waals surface area contributed by atoms with Gasteiger partial charge in [0.2, 0.25) is 10.0 Å². The molecule has 0 aliphatic heterocycles. The first-order valence-electron chi connectivity index (χ1n) is 6.71. The Hall–Kier alpha value is -0.960. The molecule has 0 aliphatic rings. The Labute approximate surface area is 139 Å². The number of esters is 1. The van der Waals surface area contributed by atoms with Crippen molar-refractivity contribution in [1.82, 2.24) is 4.72 Å². The first kappa shape index (κ1) is 19.1. The molecule has 1 rings (SSSR count). The van der Waals surface area contributed by atoms with Crippen LogP contribution in [0.1, 0.15) is 13.8 Å². The van der Waals surface area contributed by atoms with Crippen molar-refractivity contribution >= 4 is 31.9 Å². The number of rotatable bonds is 8. The normalized spacial score (nSPS) is 13.1. The van der Waals surface area contributed by atoms with E-state index in [9.17, 15) is 13.2 Å². The summed E-state index contributed by atoms with van der Waals surface area (Å²) in [5, 5.41) is 0. The van der Waals surface area contributed by atoms with E-state index < -0.39 is 22.0 Å². The lowest BCUT2D eigenvalue weighted by molar-refractivity contribution is -0.148. The second-order valence-electron chi connectivity index (χ2n) is 4.96. The lowest BCUT2D eigenvalue weighted by Crippen LogP contribution is -2.45. The van der Waals surface area contributed by atoms with E-state index in [-0.39, 0.29) is 24.0 Å². The Morgan fingerprint density at radius 1 is 1.23 bits per heavy atom. The highest BCUT2D eigenvalue weighted by molar-refractivity contribution is 9.10. The third kappa shape index (κ3) is 5.68. The van der Waals surface area contributed by atoms with Crippen molar-refractivity contribution in [1.29, 1.82) is 0 Å². The second kappa shape index (κ2) is 8.61. The second-order valence-corrected chi connectivity index (χ2v) is 7.59. The van der Waals surface area contributed by atoms with E-state index in [2.05, 4.69) is 20.7 Å². The minimum Gasteiger partial charge on any atom is -0.462 e. The number of hydrogen-bond donors (Lipinski definition) is 1. The van der Waals surface area contributed by atoms with Gasteiger partial charge in [0.05, 0.1) is 11.5 Å². The number of hydrogen-bond acceptors (Lipinski definition) is 5. The van der Waals surface area contributed by atoms with Crippen molar-refractivity contribution in [3.05, 3.63) is 28.7 Å². The Morgan fingerprint density at radius 3 is 2.32 bits per heavy atom. The number of sulfonamides is 1. The van der Waals surface area contributed by atoms with Crippen LogP contribution in [-0.2, 0) is 24.3 Å². The molecule has 1 atom stereocenters. The maximum atomic E-state index is 12.3. The average molecular weight is 394 g/mol. The number of benzene rings is 1. The molecule has 124 valence electrons. The standard InChI is InChI=1S/C14H20BrNO5S/c1-10(2)13(14(17)21-9-8-20-3)16-22(18,19)12-6-4-11(15)5-7-12/h4-7,10,13,16H,8-9H2,1-3H3/t13-/m0/s1. The van der Waals surface area contributed by atoms with Gasteiger partial charge in [0.1, 0.15) is 12.6 Å². The molecule has 0 amide bonds. The quantitative estimate of drug-likeness (QED) is 0.538. The van der Waals surface area contributed by atoms with Crippen LogP contribution in [-0.4, -0.2) is 40.8 Å². The first-order valence-corrected chi connectivity index (χ1v) is 8.99. The van der Waals surface area contributed by atoms with Crippen molar-refractivity contribution in [3.63, 3.8) is 0 Å². The molecule has 0 unspecified atom stereocenters. The molecule has 1 N–H and O–H groups in total. The zero-order valence-corrected chi connectivity index (χ0v) is 15.1. The average Bonchev–Trinajstić information content (AvgIpc) is 2.45. The van der Waals surface area contributed by atoms with Crippen LogP contribution in [0.4, 0.5) is 0 Å².